The van der Waals surface area contributed by atoms with E-state index in [0.29, 0.717) is 109 Å². The zero-order valence-electron chi connectivity index (χ0n) is 84.8. The molecule has 3 saturated heterocycles. The monoisotopic (exact) mass is 2190 g/mol. The molecule has 0 unspecified atom stereocenters. The van der Waals surface area contributed by atoms with Gasteiger partial charge >= 0.3 is 55.8 Å². The van der Waals surface area contributed by atoms with E-state index in [0.717, 1.165) is 60.3 Å². The molecule has 3 fully saturated rings. The molecule has 6 aromatic heterocycles. The zero-order chi connectivity index (χ0) is 109. The molecule has 0 bridgehead atoms. The molecule has 0 aliphatic carbocycles. The van der Waals surface area contributed by atoms with Crippen LogP contribution < -0.4 is 31.9 Å². The molecule has 7 aliphatic heterocycles. The second kappa shape index (κ2) is 67.6. The number of hydrogen-bond donors (Lipinski definition) is 13. The Hall–Kier alpha value is -9.89. The molecule has 13 N–H and O–H groups in total. The highest BCUT2D eigenvalue weighted by molar-refractivity contribution is 7.11. The van der Waals surface area contributed by atoms with Gasteiger partial charge in [-0.25, -0.2) is 8.78 Å². The molecule has 0 saturated carbocycles. The maximum absolute atomic E-state index is 13.1. The van der Waals surface area contributed by atoms with Gasteiger partial charge in [0.2, 0.25) is 35.4 Å². The minimum Gasteiger partial charge on any atom is -0.466 e. The number of rotatable bonds is 37. The van der Waals surface area contributed by atoms with Crippen LogP contribution in [-0.2, 0) is 149 Å². The summed E-state index contributed by atoms with van der Waals surface area (Å²) in [4.78, 5) is 168. The van der Waals surface area contributed by atoms with E-state index in [4.69, 9.17) is 37.3 Å². The molecule has 0 radical (unpaired) electrons. The minimum atomic E-state index is -1.11. The molecular formula is C100H131B7F2N6O29S6. The number of thiophene rings is 6. The minimum absolute atomic E-state index is 0.00275. The summed E-state index contributed by atoms with van der Waals surface area (Å²) in [6, 6.07) is 25.8. The fourth-order valence-electron chi connectivity index (χ4n) is 16.5. The van der Waals surface area contributed by atoms with E-state index in [-0.39, 0.29) is 163 Å². The van der Waals surface area contributed by atoms with Crippen molar-refractivity contribution in [1.82, 2.24) is 31.9 Å². The molecule has 50 heteroatoms. The Morgan fingerprint density at radius 3 is 0.860 bits per heavy atom. The van der Waals surface area contributed by atoms with Crippen LogP contribution in [0, 0.1) is 11.6 Å². The third-order valence-corrected chi connectivity index (χ3v) is 28.7. The van der Waals surface area contributed by atoms with Gasteiger partial charge in [-0.05, 0) is 205 Å². The quantitative estimate of drug-likeness (QED) is 0.00979. The van der Waals surface area contributed by atoms with Gasteiger partial charge in [-0.3, -0.25) is 67.1 Å². The molecule has 6 amide bonds. The first-order valence-corrected chi connectivity index (χ1v) is 54.9. The second-order valence-corrected chi connectivity index (χ2v) is 43.1. The number of ether oxygens (including phenoxy) is 1. The summed E-state index contributed by atoms with van der Waals surface area (Å²) in [7, 11) is -7.70. The van der Waals surface area contributed by atoms with Gasteiger partial charge in [-0.15, -0.1) is 68.0 Å². The van der Waals surface area contributed by atoms with Gasteiger partial charge < -0.3 is 104 Å². The Bertz CT molecular complexity index is 5100. The van der Waals surface area contributed by atoms with Crippen molar-refractivity contribution in [1.29, 1.82) is 0 Å². The van der Waals surface area contributed by atoms with Crippen molar-refractivity contribution in [2.45, 2.75) is 300 Å². The van der Waals surface area contributed by atoms with Crippen LogP contribution in [0.15, 0.2) is 172 Å². The van der Waals surface area contributed by atoms with Gasteiger partial charge in [0.05, 0.1) is 118 Å². The number of halogens is 2. The lowest BCUT2D eigenvalue weighted by molar-refractivity contribution is -0.145. The van der Waals surface area contributed by atoms with E-state index in [2.05, 4.69) is 31.9 Å². The van der Waals surface area contributed by atoms with Crippen LogP contribution >= 0.6 is 68.0 Å². The summed E-state index contributed by atoms with van der Waals surface area (Å²) >= 11 is 9.13. The normalized spacial score (nSPS) is 21.9. The van der Waals surface area contributed by atoms with Gasteiger partial charge in [-0.1, -0.05) is 85.0 Å². The maximum atomic E-state index is 13.1. The van der Waals surface area contributed by atoms with Gasteiger partial charge in [0.25, 0.3) is 0 Å². The van der Waals surface area contributed by atoms with Crippen LogP contribution in [0.2, 0.25) is 5.82 Å². The number of ketones is 7. The predicted octanol–water partition coefficient (Wildman–Crippen LogP) is 9.22. The highest BCUT2D eigenvalue weighted by atomic mass is 32.1. The lowest BCUT2D eigenvalue weighted by Gasteiger charge is -2.31. The average Bonchev–Trinajstić information content (AvgIpc) is 1.19. The fraction of sp³-hybridized carbons (Fsp3) is 0.480. The number of esters is 1. The Morgan fingerprint density at radius 1 is 0.320 bits per heavy atom. The number of hydrogen-bond acceptors (Lipinski definition) is 35. The molecule has 13 heterocycles. The summed E-state index contributed by atoms with van der Waals surface area (Å²) in [5.74, 6) is -6.00. The van der Waals surface area contributed by atoms with E-state index in [9.17, 15) is 111 Å². The van der Waals surface area contributed by atoms with E-state index < -0.39 is 122 Å². The van der Waals surface area contributed by atoms with Gasteiger partial charge in [0.15, 0.2) is 0 Å². The second-order valence-electron chi connectivity index (χ2n) is 36.9. The van der Waals surface area contributed by atoms with E-state index in [1.54, 1.807) is 31.2 Å². The third-order valence-electron chi connectivity index (χ3n) is 23.4. The Labute approximate surface area is 898 Å². The number of carbonyl (C=O) groups is 14. The summed E-state index contributed by atoms with van der Waals surface area (Å²) < 4.78 is 69.0. The highest BCUT2D eigenvalue weighted by Crippen LogP contribution is 2.33. The molecule has 14 atom stereocenters. The summed E-state index contributed by atoms with van der Waals surface area (Å²) in [6.07, 6.45) is 21.5. The first-order valence-electron chi connectivity index (χ1n) is 49.6. The smallest absolute Gasteiger partial charge is 0.466 e. The van der Waals surface area contributed by atoms with Crippen molar-refractivity contribution in [2.24, 2.45) is 0 Å². The van der Waals surface area contributed by atoms with Crippen molar-refractivity contribution in [3.8, 4) is 0 Å². The summed E-state index contributed by atoms with van der Waals surface area (Å²) in [5.41, 5.74) is 0.271. The van der Waals surface area contributed by atoms with Crippen molar-refractivity contribution >= 4 is 200 Å². The van der Waals surface area contributed by atoms with E-state index >= 15 is 0 Å². The van der Waals surface area contributed by atoms with E-state index in [1.807, 2.05) is 129 Å². The van der Waals surface area contributed by atoms with Crippen LogP contribution in [0.4, 0.5) is 8.78 Å². The van der Waals surface area contributed by atoms with E-state index in [1.165, 1.54) is 110 Å². The van der Waals surface area contributed by atoms with Crippen molar-refractivity contribution in [2.75, 3.05) is 6.61 Å². The number of benzene rings is 1. The molecule has 35 nitrogen and oxygen atoms in total. The Balaban J connectivity index is 0.000000213. The molecule has 7 aromatic rings. The van der Waals surface area contributed by atoms with Gasteiger partial charge in [-0.2, -0.15) is 0 Å². The van der Waals surface area contributed by atoms with Gasteiger partial charge in [0.1, 0.15) is 52.1 Å². The molecule has 14 rings (SSSR count). The average molecular weight is 2190 g/mol. The van der Waals surface area contributed by atoms with Crippen LogP contribution in [0.5, 0.6) is 0 Å². The topological polar surface area (TPSA) is 527 Å². The number of amides is 6. The third kappa shape index (κ3) is 50.3. The largest absolute Gasteiger partial charge is 0.478 e. The van der Waals surface area contributed by atoms with Crippen LogP contribution in [0.25, 0.3) is 0 Å². The first-order chi connectivity index (χ1) is 71.6. The van der Waals surface area contributed by atoms with Gasteiger partial charge in [0, 0.05) is 105 Å². The first kappa shape index (κ1) is 125. The summed E-state index contributed by atoms with van der Waals surface area (Å²) in [6.45, 7) is 11.0. The standard InChI is InChI=1S/C16H19BF2O4.C14H20BNO5S.C14H20BNO4S.4C14H18BNO4S/c1-10(20)4-16-3-2-12(17(22)23-16)8-15(21)7-11-5-13(18)9-14(19)6-11;1-2-20-14(18)8-10-5-6-12(15(19)21-10)16-13(17)9-11-4-3-7-22-11;5*1-10(17)8-11-4-2-6-13(15(19)20-11)16-14(18)9-12-5-3-7-21-12/h5-6,9,12,16,22H,2-4,7-8H2,1H3;3-4,7,10,12,19H,2,5-6,8-9H2,1H3,(H,16,17);3,5,7,11,13,19H,2,4,6,8-9H2,1H3,(H,16,18);4*2-5,7,11,13,19H,6,8-9H2,1H3,(H,16,18)/t12-,16+;10-,12-;3*11-,13+;2*11-,13-/m1011100/s1. The SMILES string of the molecule is CC(=O)C[C@@H]1C=CC[C@H](NC(=O)Cc2cccs2)B(O)O1.CC(=O)C[C@@H]1C=CC[C@H](NC(=O)Cc2cccs2)B(O)O1.CC(=O)C[C@@H]1CC[C@H](CC(=O)Cc2cc(F)cc(F)c2)B(O)O1.CC(=O)C[C@H]1C=CC[C@H](NC(=O)Cc2cccs2)B(O)O1.CC(=O)C[C@H]1C=CC[C@H](NC(=O)Cc2cccs2)B(O)O1.CC(=O)C[C@H]1CCC[C@H](NC(=O)Cc2cccs2)B(O)O1.CCOC(=O)C[C@@H]1CC[C@H](NC(=O)Cc2cccs2)B(O)O1. The number of carbonyl (C=O) groups excluding carboxylic acids is 14. The van der Waals surface area contributed by atoms with Crippen molar-refractivity contribution < 1.29 is 148 Å². The van der Waals surface area contributed by atoms with Crippen LogP contribution in [-0.4, -0.2) is 252 Å². The Morgan fingerprint density at radius 2 is 0.587 bits per heavy atom. The van der Waals surface area contributed by atoms with Crippen LogP contribution in [0.1, 0.15) is 205 Å². The fourth-order valence-corrected chi connectivity index (χ4v) is 20.7. The lowest BCUT2D eigenvalue weighted by atomic mass is 9.64. The zero-order valence-corrected chi connectivity index (χ0v) is 89.7. The van der Waals surface area contributed by atoms with Crippen molar-refractivity contribution in [3.05, 3.63) is 218 Å². The molecule has 806 valence electrons. The molecule has 150 heavy (non-hydrogen) atoms. The maximum Gasteiger partial charge on any atom is 0.478 e. The predicted molar refractivity (Wildman–Crippen MR) is 573 cm³/mol. The molecule has 1 aromatic carbocycles. The number of nitrogens with one attached hydrogen (secondary N) is 6. The summed E-state index contributed by atoms with van der Waals surface area (Å²) in [5, 5.41) is 98.3. The molecular weight excluding hydrogens is 2060 g/mol. The van der Waals surface area contributed by atoms with Crippen LogP contribution in [0.3, 0.4) is 0 Å². The lowest BCUT2D eigenvalue weighted by Crippen LogP contribution is -2.53. The Kier molecular flexibility index (Phi) is 56.5. The highest BCUT2D eigenvalue weighted by Gasteiger charge is 2.42. The molecule has 0 spiro atoms. The molecule has 7 aliphatic rings. The van der Waals surface area contributed by atoms with Crippen molar-refractivity contribution in [3.63, 3.8) is 0 Å². The number of Topliss-reactive ketones (excluding diaryl/α,β-unsaturated/α-hetero) is 7.